The molecule has 1 N–H and O–H groups in total. The van der Waals surface area contributed by atoms with E-state index >= 15 is 0 Å². The van der Waals surface area contributed by atoms with Crippen molar-refractivity contribution in [3.63, 3.8) is 0 Å². The van der Waals surface area contributed by atoms with Crippen LogP contribution in [0.5, 0.6) is 5.75 Å². The lowest BCUT2D eigenvalue weighted by molar-refractivity contribution is 0.0743. The highest BCUT2D eigenvalue weighted by Gasteiger charge is 2.19. The van der Waals surface area contributed by atoms with Crippen molar-refractivity contribution in [1.29, 1.82) is 0 Å². The van der Waals surface area contributed by atoms with Crippen LogP contribution in [0.15, 0.2) is 29.6 Å². The molecule has 0 fully saturated rings. The largest absolute Gasteiger partial charge is 0.493 e. The van der Waals surface area contributed by atoms with Crippen molar-refractivity contribution in [3.8, 4) is 5.75 Å². The Balaban J connectivity index is 1.86. The molecule has 19 heavy (non-hydrogen) atoms. The van der Waals surface area contributed by atoms with Crippen molar-refractivity contribution in [2.45, 2.75) is 25.9 Å². The lowest BCUT2D eigenvalue weighted by Gasteiger charge is -2.13. The number of aliphatic hydroxyl groups is 1. The third-order valence-electron chi connectivity index (χ3n) is 2.58. The standard InChI is InChI=1S/C14H16ClNO2S/c1-14(2,17)12-9-19-13(16-12)7-8-18-11-5-3-10(15)4-6-11/h3-6,9,17H,7-8H2,1-2H3. The van der Waals surface area contributed by atoms with Crippen LogP contribution >= 0.6 is 22.9 Å². The van der Waals surface area contributed by atoms with E-state index in [0.717, 1.165) is 17.2 Å². The Labute approximate surface area is 121 Å². The fourth-order valence-electron chi connectivity index (χ4n) is 1.49. The predicted octanol–water partition coefficient (Wildman–Crippen LogP) is 3.65. The third-order valence-corrected chi connectivity index (χ3v) is 3.74. The van der Waals surface area contributed by atoms with Gasteiger partial charge in [-0.05, 0) is 38.1 Å². The molecule has 0 spiro atoms. The van der Waals surface area contributed by atoms with E-state index in [0.29, 0.717) is 17.3 Å². The number of hydrogen-bond donors (Lipinski definition) is 1. The van der Waals surface area contributed by atoms with Crippen LogP contribution in [-0.4, -0.2) is 16.7 Å². The van der Waals surface area contributed by atoms with Crippen LogP contribution in [0.3, 0.4) is 0 Å². The second-order valence-electron chi connectivity index (χ2n) is 4.74. The number of ether oxygens (including phenoxy) is 1. The maximum atomic E-state index is 9.83. The molecule has 2 aromatic rings. The summed E-state index contributed by atoms with van der Waals surface area (Å²) in [6.07, 6.45) is 0.726. The lowest BCUT2D eigenvalue weighted by atomic mass is 10.1. The predicted molar refractivity (Wildman–Crippen MR) is 78.0 cm³/mol. The molecule has 0 atom stereocenters. The van der Waals surface area contributed by atoms with E-state index in [9.17, 15) is 5.11 Å². The van der Waals surface area contributed by atoms with Crippen molar-refractivity contribution in [3.05, 3.63) is 45.4 Å². The third kappa shape index (κ3) is 4.20. The molecule has 2 rings (SSSR count). The molecular weight excluding hydrogens is 282 g/mol. The van der Waals surface area contributed by atoms with Gasteiger partial charge in [0.2, 0.25) is 0 Å². The average molecular weight is 298 g/mol. The molecule has 5 heteroatoms. The van der Waals surface area contributed by atoms with Crippen LogP contribution in [0.4, 0.5) is 0 Å². The number of benzene rings is 1. The van der Waals surface area contributed by atoms with Crippen molar-refractivity contribution in [2.75, 3.05) is 6.61 Å². The van der Waals surface area contributed by atoms with E-state index in [4.69, 9.17) is 16.3 Å². The van der Waals surface area contributed by atoms with Gasteiger partial charge < -0.3 is 9.84 Å². The van der Waals surface area contributed by atoms with Gasteiger partial charge in [-0.25, -0.2) is 4.98 Å². The minimum atomic E-state index is -0.883. The summed E-state index contributed by atoms with van der Waals surface area (Å²) in [5.74, 6) is 0.795. The molecule has 0 aliphatic carbocycles. The van der Waals surface area contributed by atoms with E-state index in [1.165, 1.54) is 0 Å². The van der Waals surface area contributed by atoms with Gasteiger partial charge in [-0.2, -0.15) is 0 Å². The number of halogens is 1. The van der Waals surface area contributed by atoms with E-state index in [2.05, 4.69) is 4.98 Å². The molecule has 0 unspecified atom stereocenters. The molecule has 102 valence electrons. The first-order valence-electron chi connectivity index (χ1n) is 6.01. The molecule has 1 aromatic heterocycles. The summed E-state index contributed by atoms with van der Waals surface area (Å²) in [6, 6.07) is 7.28. The van der Waals surface area contributed by atoms with Crippen molar-refractivity contribution < 1.29 is 9.84 Å². The maximum Gasteiger partial charge on any atom is 0.119 e. The van der Waals surface area contributed by atoms with E-state index in [1.807, 2.05) is 17.5 Å². The quantitative estimate of drug-likeness (QED) is 0.916. The van der Waals surface area contributed by atoms with Crippen LogP contribution < -0.4 is 4.74 Å². The fraction of sp³-hybridized carbons (Fsp3) is 0.357. The van der Waals surface area contributed by atoms with Crippen LogP contribution in [0.25, 0.3) is 0 Å². The van der Waals surface area contributed by atoms with Gasteiger partial charge in [-0.3, -0.25) is 0 Å². The van der Waals surface area contributed by atoms with Gasteiger partial charge in [0.25, 0.3) is 0 Å². The monoisotopic (exact) mass is 297 g/mol. The number of hydrogen-bond acceptors (Lipinski definition) is 4. The second-order valence-corrected chi connectivity index (χ2v) is 6.12. The molecule has 0 aliphatic rings. The Morgan fingerprint density at radius 2 is 2.00 bits per heavy atom. The van der Waals surface area contributed by atoms with E-state index in [-0.39, 0.29) is 0 Å². The molecule has 0 saturated heterocycles. The van der Waals surface area contributed by atoms with Crippen molar-refractivity contribution >= 4 is 22.9 Å². The fourth-order valence-corrected chi connectivity index (χ4v) is 2.56. The Hall–Kier alpha value is -1.10. The minimum Gasteiger partial charge on any atom is -0.493 e. The SMILES string of the molecule is CC(C)(O)c1csc(CCOc2ccc(Cl)cc2)n1. The summed E-state index contributed by atoms with van der Waals surface area (Å²) in [5.41, 5.74) is -0.176. The highest BCUT2D eigenvalue weighted by atomic mass is 35.5. The molecule has 1 heterocycles. The zero-order valence-corrected chi connectivity index (χ0v) is 12.5. The zero-order valence-electron chi connectivity index (χ0n) is 10.9. The Morgan fingerprint density at radius 3 is 2.58 bits per heavy atom. The van der Waals surface area contributed by atoms with Gasteiger partial charge in [0.15, 0.2) is 0 Å². The topological polar surface area (TPSA) is 42.4 Å². The summed E-state index contributed by atoms with van der Waals surface area (Å²) < 4.78 is 5.61. The highest BCUT2D eigenvalue weighted by molar-refractivity contribution is 7.09. The van der Waals surface area contributed by atoms with Gasteiger partial charge in [-0.1, -0.05) is 11.6 Å². The molecule has 0 aliphatic heterocycles. The molecule has 0 bridgehead atoms. The van der Waals surface area contributed by atoms with Crippen molar-refractivity contribution in [2.24, 2.45) is 0 Å². The van der Waals surface area contributed by atoms with Crippen LogP contribution in [0.1, 0.15) is 24.5 Å². The maximum absolute atomic E-state index is 9.83. The number of thiazole rings is 1. The first kappa shape index (κ1) is 14.3. The Morgan fingerprint density at radius 1 is 1.32 bits per heavy atom. The lowest BCUT2D eigenvalue weighted by Crippen LogP contribution is -2.16. The molecule has 0 saturated carbocycles. The number of aromatic nitrogens is 1. The first-order valence-corrected chi connectivity index (χ1v) is 7.26. The summed E-state index contributed by atoms with van der Waals surface area (Å²) in [4.78, 5) is 4.39. The summed E-state index contributed by atoms with van der Waals surface area (Å²) in [6.45, 7) is 4.02. The van der Waals surface area contributed by atoms with Gasteiger partial charge in [-0.15, -0.1) is 11.3 Å². The van der Waals surface area contributed by atoms with Gasteiger partial charge in [0.1, 0.15) is 11.4 Å². The number of nitrogens with zero attached hydrogens (tertiary/aromatic N) is 1. The van der Waals surface area contributed by atoms with Crippen LogP contribution in [-0.2, 0) is 12.0 Å². The molecule has 1 aromatic carbocycles. The summed E-state index contributed by atoms with van der Waals surface area (Å²) in [7, 11) is 0. The number of rotatable bonds is 5. The Kier molecular flexibility index (Phi) is 4.45. The van der Waals surface area contributed by atoms with Gasteiger partial charge in [0, 0.05) is 16.8 Å². The van der Waals surface area contributed by atoms with Crippen LogP contribution in [0.2, 0.25) is 5.02 Å². The zero-order chi connectivity index (χ0) is 13.9. The molecular formula is C14H16ClNO2S. The van der Waals surface area contributed by atoms with Crippen LogP contribution in [0, 0.1) is 0 Å². The van der Waals surface area contributed by atoms with Gasteiger partial charge >= 0.3 is 0 Å². The van der Waals surface area contributed by atoms with Crippen molar-refractivity contribution in [1.82, 2.24) is 4.98 Å². The van der Waals surface area contributed by atoms with E-state index < -0.39 is 5.60 Å². The van der Waals surface area contributed by atoms with E-state index in [1.54, 1.807) is 37.3 Å². The summed E-state index contributed by atoms with van der Waals surface area (Å²) in [5, 5.41) is 13.4. The molecule has 0 radical (unpaired) electrons. The minimum absolute atomic E-state index is 0.556. The average Bonchev–Trinajstić information content (AvgIpc) is 2.80. The first-order chi connectivity index (χ1) is 8.95. The van der Waals surface area contributed by atoms with Gasteiger partial charge in [0.05, 0.1) is 17.3 Å². The molecule has 0 amide bonds. The smallest absolute Gasteiger partial charge is 0.119 e. The molecule has 3 nitrogen and oxygen atoms in total. The Bertz CT molecular complexity index is 531. The second kappa shape index (κ2) is 5.90. The summed E-state index contributed by atoms with van der Waals surface area (Å²) >= 11 is 7.34. The normalized spacial score (nSPS) is 11.6. The highest BCUT2D eigenvalue weighted by Crippen LogP contribution is 2.22.